The summed E-state index contributed by atoms with van der Waals surface area (Å²) in [5.74, 6) is -0.591. The van der Waals surface area contributed by atoms with E-state index in [2.05, 4.69) is 13.2 Å². The summed E-state index contributed by atoms with van der Waals surface area (Å²) in [7, 11) is 1.54. The van der Waals surface area contributed by atoms with Gasteiger partial charge in [0, 0.05) is 13.1 Å². The number of carbonyl (C=O) groups is 2. The second-order valence-electron chi connectivity index (χ2n) is 4.90. The average molecular weight is 340 g/mol. The zero-order chi connectivity index (χ0) is 18.7. The summed E-state index contributed by atoms with van der Waals surface area (Å²) in [4.78, 5) is 25.4. The molecule has 0 spiro atoms. The summed E-state index contributed by atoms with van der Waals surface area (Å²) >= 11 is 0. The number of hydrogen-bond acceptors (Lipinski definition) is 5. The summed E-state index contributed by atoms with van der Waals surface area (Å²) in [5.41, 5.74) is 0.442. The Morgan fingerprint density at radius 3 is 2.28 bits per heavy atom. The second-order valence-corrected chi connectivity index (χ2v) is 4.90. The summed E-state index contributed by atoms with van der Waals surface area (Å²) in [6.07, 6.45) is 4.51. The lowest BCUT2D eigenvalue weighted by Gasteiger charge is -2.18. The normalized spacial score (nSPS) is 10.3. The van der Waals surface area contributed by atoms with Crippen molar-refractivity contribution in [1.82, 2.24) is 4.90 Å². The summed E-state index contributed by atoms with van der Waals surface area (Å²) in [6, 6.07) is 8.59. The number of carbonyl (C=O) groups excluding carboxylic acids is 2. The molecule has 0 fully saturated rings. The summed E-state index contributed by atoms with van der Waals surface area (Å²) in [5, 5.41) is 9.14. The van der Waals surface area contributed by atoms with E-state index in [0.717, 1.165) is 0 Å². The van der Waals surface area contributed by atoms with E-state index < -0.39 is 18.5 Å². The quantitative estimate of drug-likeness (QED) is 0.298. The Labute approximate surface area is 147 Å². The SMILES string of the molecule is C=CCN(CC=C)C(=O)COC(=O)/C(C#N)=C/c1ccc(OC)cc1. The Kier molecular flexibility index (Phi) is 8.24. The molecule has 6 heteroatoms. The smallest absolute Gasteiger partial charge is 0.349 e. The van der Waals surface area contributed by atoms with Crippen LogP contribution < -0.4 is 4.74 Å². The Balaban J connectivity index is 2.73. The molecule has 0 atom stereocenters. The van der Waals surface area contributed by atoms with Crippen molar-refractivity contribution in [3.05, 3.63) is 60.7 Å². The largest absolute Gasteiger partial charge is 0.497 e. The molecule has 1 rings (SSSR count). The van der Waals surface area contributed by atoms with Crippen LogP contribution in [0, 0.1) is 11.3 Å². The highest BCUT2D eigenvalue weighted by atomic mass is 16.5. The Hall–Kier alpha value is -3.33. The molecule has 6 nitrogen and oxygen atoms in total. The predicted octanol–water partition coefficient (Wildman–Crippen LogP) is 2.35. The van der Waals surface area contributed by atoms with Crippen molar-refractivity contribution in [2.24, 2.45) is 0 Å². The van der Waals surface area contributed by atoms with Crippen molar-refractivity contribution in [3.8, 4) is 11.8 Å². The van der Waals surface area contributed by atoms with Gasteiger partial charge in [-0.25, -0.2) is 4.79 Å². The van der Waals surface area contributed by atoms with Crippen LogP contribution in [-0.4, -0.2) is 43.6 Å². The number of benzene rings is 1. The fourth-order valence-corrected chi connectivity index (χ4v) is 1.89. The molecular weight excluding hydrogens is 320 g/mol. The van der Waals surface area contributed by atoms with Crippen molar-refractivity contribution < 1.29 is 19.1 Å². The number of hydrogen-bond donors (Lipinski definition) is 0. The van der Waals surface area contributed by atoms with Gasteiger partial charge in [0.25, 0.3) is 5.91 Å². The monoisotopic (exact) mass is 340 g/mol. The molecule has 0 heterocycles. The van der Waals surface area contributed by atoms with Gasteiger partial charge in [0.2, 0.25) is 0 Å². The number of nitrogens with zero attached hydrogens (tertiary/aromatic N) is 2. The van der Waals surface area contributed by atoms with Crippen molar-refractivity contribution in [1.29, 1.82) is 5.26 Å². The zero-order valence-corrected chi connectivity index (χ0v) is 14.1. The van der Waals surface area contributed by atoms with Crippen LogP contribution in [-0.2, 0) is 14.3 Å². The van der Waals surface area contributed by atoms with Crippen molar-refractivity contribution in [2.45, 2.75) is 0 Å². The molecule has 1 aromatic rings. The fourth-order valence-electron chi connectivity index (χ4n) is 1.89. The van der Waals surface area contributed by atoms with E-state index in [1.165, 1.54) is 11.0 Å². The molecule has 0 saturated heterocycles. The second kappa shape index (κ2) is 10.4. The number of methoxy groups -OCH3 is 1. The first-order valence-electron chi connectivity index (χ1n) is 7.48. The molecule has 0 N–H and O–H groups in total. The Morgan fingerprint density at radius 2 is 1.80 bits per heavy atom. The van der Waals surface area contributed by atoms with Crippen LogP contribution >= 0.6 is 0 Å². The van der Waals surface area contributed by atoms with Crippen molar-refractivity contribution in [3.63, 3.8) is 0 Å². The topological polar surface area (TPSA) is 79.6 Å². The predicted molar refractivity (Wildman–Crippen MR) is 94.5 cm³/mol. The van der Waals surface area contributed by atoms with Crippen LogP contribution in [0.15, 0.2) is 55.1 Å². The third-order valence-electron chi connectivity index (χ3n) is 3.15. The molecule has 0 aliphatic rings. The van der Waals surface area contributed by atoms with E-state index in [0.29, 0.717) is 24.4 Å². The minimum atomic E-state index is -0.858. The van der Waals surface area contributed by atoms with Gasteiger partial charge < -0.3 is 14.4 Å². The first kappa shape index (κ1) is 19.7. The maximum atomic E-state index is 12.0. The third kappa shape index (κ3) is 6.36. The lowest BCUT2D eigenvalue weighted by molar-refractivity contribution is -0.148. The van der Waals surface area contributed by atoms with Gasteiger partial charge in [0.15, 0.2) is 6.61 Å². The van der Waals surface area contributed by atoms with Gasteiger partial charge in [-0.3, -0.25) is 4.79 Å². The van der Waals surface area contributed by atoms with E-state index in [1.807, 2.05) is 0 Å². The van der Waals surface area contributed by atoms with E-state index in [4.69, 9.17) is 14.7 Å². The molecule has 0 radical (unpaired) electrons. The van der Waals surface area contributed by atoms with Gasteiger partial charge in [-0.1, -0.05) is 24.3 Å². The summed E-state index contributed by atoms with van der Waals surface area (Å²) < 4.78 is 9.97. The molecule has 130 valence electrons. The van der Waals surface area contributed by atoms with Gasteiger partial charge >= 0.3 is 5.97 Å². The van der Waals surface area contributed by atoms with E-state index >= 15 is 0 Å². The first-order chi connectivity index (χ1) is 12.0. The highest BCUT2D eigenvalue weighted by Gasteiger charge is 2.16. The number of ether oxygens (including phenoxy) is 2. The number of esters is 1. The molecule has 0 saturated carbocycles. The van der Waals surface area contributed by atoms with Gasteiger partial charge in [0.05, 0.1) is 7.11 Å². The average Bonchev–Trinajstić information content (AvgIpc) is 2.64. The number of amides is 1. The van der Waals surface area contributed by atoms with Crippen LogP contribution in [0.5, 0.6) is 5.75 Å². The van der Waals surface area contributed by atoms with E-state index in [1.54, 1.807) is 49.6 Å². The van der Waals surface area contributed by atoms with E-state index in [9.17, 15) is 9.59 Å². The molecule has 0 unspecified atom stereocenters. The highest BCUT2D eigenvalue weighted by molar-refractivity contribution is 5.98. The number of nitriles is 1. The van der Waals surface area contributed by atoms with Gasteiger partial charge in [0.1, 0.15) is 17.4 Å². The van der Waals surface area contributed by atoms with Crippen LogP contribution in [0.2, 0.25) is 0 Å². The third-order valence-corrected chi connectivity index (χ3v) is 3.15. The van der Waals surface area contributed by atoms with Gasteiger partial charge in [-0.05, 0) is 23.8 Å². The molecule has 0 aliphatic heterocycles. The minimum Gasteiger partial charge on any atom is -0.497 e. The number of rotatable bonds is 9. The van der Waals surface area contributed by atoms with E-state index in [-0.39, 0.29) is 5.57 Å². The Morgan fingerprint density at radius 1 is 1.20 bits per heavy atom. The molecule has 0 aliphatic carbocycles. The van der Waals surface area contributed by atoms with Crippen LogP contribution in [0.25, 0.3) is 6.08 Å². The molecule has 1 amide bonds. The van der Waals surface area contributed by atoms with Gasteiger partial charge in [-0.2, -0.15) is 5.26 Å². The standard InChI is InChI=1S/C19H20N2O4/c1-4-10-21(11-5-2)18(22)14-25-19(23)16(13-20)12-15-6-8-17(24-3)9-7-15/h4-9,12H,1-2,10-11,14H2,3H3/b16-12+. The fraction of sp³-hybridized carbons (Fsp3) is 0.211. The summed E-state index contributed by atoms with van der Waals surface area (Å²) in [6.45, 7) is 7.30. The van der Waals surface area contributed by atoms with Crippen LogP contribution in [0.4, 0.5) is 0 Å². The van der Waals surface area contributed by atoms with Crippen LogP contribution in [0.3, 0.4) is 0 Å². The lowest BCUT2D eigenvalue weighted by Crippen LogP contribution is -2.35. The maximum absolute atomic E-state index is 12.0. The highest BCUT2D eigenvalue weighted by Crippen LogP contribution is 2.14. The molecule has 1 aromatic carbocycles. The molecular formula is C19H20N2O4. The molecule has 0 bridgehead atoms. The van der Waals surface area contributed by atoms with Crippen molar-refractivity contribution >= 4 is 18.0 Å². The van der Waals surface area contributed by atoms with Crippen molar-refractivity contribution in [2.75, 3.05) is 26.8 Å². The van der Waals surface area contributed by atoms with Crippen LogP contribution in [0.1, 0.15) is 5.56 Å². The minimum absolute atomic E-state index is 0.197. The first-order valence-corrected chi connectivity index (χ1v) is 7.48. The zero-order valence-electron chi connectivity index (χ0n) is 14.1. The maximum Gasteiger partial charge on any atom is 0.349 e. The molecule has 25 heavy (non-hydrogen) atoms. The lowest BCUT2D eigenvalue weighted by atomic mass is 10.1. The van der Waals surface area contributed by atoms with Gasteiger partial charge in [-0.15, -0.1) is 13.2 Å². The molecule has 0 aromatic heterocycles. The Bertz CT molecular complexity index is 689.